The highest BCUT2D eigenvalue weighted by molar-refractivity contribution is 5.23. The van der Waals surface area contributed by atoms with E-state index >= 15 is 0 Å². The van der Waals surface area contributed by atoms with Crippen LogP contribution in [-0.4, -0.2) is 5.92 Å². The minimum atomic E-state index is -2.82. The molecule has 1 rings (SSSR count). The highest BCUT2D eigenvalue weighted by Crippen LogP contribution is 2.17. The van der Waals surface area contributed by atoms with Crippen LogP contribution in [0.2, 0.25) is 0 Å². The first-order chi connectivity index (χ1) is 5.21. The SMILES string of the molecule is FC1(F)C=CC=CC=CC=C1. The molecule has 0 aromatic rings. The van der Waals surface area contributed by atoms with Crippen LogP contribution in [0.15, 0.2) is 48.6 Å². The maximum Gasteiger partial charge on any atom is 0.285 e. The molecule has 0 nitrogen and oxygen atoms in total. The van der Waals surface area contributed by atoms with Crippen LogP contribution in [0.5, 0.6) is 0 Å². The molecule has 0 aromatic heterocycles. The molecule has 0 aromatic carbocycles. The summed E-state index contributed by atoms with van der Waals surface area (Å²) in [7, 11) is 0. The van der Waals surface area contributed by atoms with Gasteiger partial charge in [-0.3, -0.25) is 0 Å². The van der Waals surface area contributed by atoms with E-state index in [2.05, 4.69) is 0 Å². The van der Waals surface area contributed by atoms with E-state index in [9.17, 15) is 8.78 Å². The highest BCUT2D eigenvalue weighted by Gasteiger charge is 2.18. The van der Waals surface area contributed by atoms with Gasteiger partial charge in [0.25, 0.3) is 5.92 Å². The fourth-order valence-corrected chi connectivity index (χ4v) is 0.680. The van der Waals surface area contributed by atoms with E-state index in [1.807, 2.05) is 0 Å². The van der Waals surface area contributed by atoms with Crippen LogP contribution in [0.3, 0.4) is 0 Å². The summed E-state index contributed by atoms with van der Waals surface area (Å²) in [6.45, 7) is 0. The molecular weight excluding hydrogens is 146 g/mol. The fraction of sp³-hybridized carbons (Fsp3) is 0.111. The first kappa shape index (κ1) is 7.92. The van der Waals surface area contributed by atoms with Gasteiger partial charge in [-0.2, -0.15) is 8.78 Å². The van der Waals surface area contributed by atoms with E-state index in [-0.39, 0.29) is 0 Å². The molecule has 1 aliphatic carbocycles. The van der Waals surface area contributed by atoms with Gasteiger partial charge in [0, 0.05) is 0 Å². The smallest absolute Gasteiger partial charge is 0.197 e. The summed E-state index contributed by atoms with van der Waals surface area (Å²) >= 11 is 0. The van der Waals surface area contributed by atoms with Crippen molar-refractivity contribution in [3.05, 3.63) is 48.6 Å². The van der Waals surface area contributed by atoms with Crippen molar-refractivity contribution in [3.8, 4) is 0 Å². The zero-order valence-corrected chi connectivity index (χ0v) is 5.87. The molecule has 0 unspecified atom stereocenters. The molecule has 0 bridgehead atoms. The molecule has 0 aliphatic heterocycles. The van der Waals surface area contributed by atoms with Crippen molar-refractivity contribution >= 4 is 0 Å². The van der Waals surface area contributed by atoms with E-state index in [4.69, 9.17) is 0 Å². The van der Waals surface area contributed by atoms with Crippen molar-refractivity contribution < 1.29 is 8.78 Å². The van der Waals surface area contributed by atoms with Gasteiger partial charge < -0.3 is 0 Å². The number of hydrogen-bond acceptors (Lipinski definition) is 0. The summed E-state index contributed by atoms with van der Waals surface area (Å²) in [4.78, 5) is 0. The molecule has 0 heterocycles. The molecule has 11 heavy (non-hydrogen) atoms. The number of hydrogen-bond donors (Lipinski definition) is 0. The van der Waals surface area contributed by atoms with Crippen molar-refractivity contribution in [2.24, 2.45) is 0 Å². The normalized spacial score (nSPS) is 20.9. The van der Waals surface area contributed by atoms with Gasteiger partial charge in [0.15, 0.2) is 0 Å². The molecule has 0 amide bonds. The minimum absolute atomic E-state index is 0.854. The summed E-state index contributed by atoms with van der Waals surface area (Å²) in [6, 6.07) is 0. The van der Waals surface area contributed by atoms with E-state index in [1.54, 1.807) is 24.3 Å². The molecule has 0 saturated heterocycles. The summed E-state index contributed by atoms with van der Waals surface area (Å²) in [6.07, 6.45) is 10.9. The van der Waals surface area contributed by atoms with Crippen molar-refractivity contribution in [1.29, 1.82) is 0 Å². The van der Waals surface area contributed by atoms with Crippen molar-refractivity contribution in [1.82, 2.24) is 0 Å². The van der Waals surface area contributed by atoms with Crippen molar-refractivity contribution in [2.75, 3.05) is 0 Å². The summed E-state index contributed by atoms with van der Waals surface area (Å²) < 4.78 is 25.2. The Morgan fingerprint density at radius 1 is 0.636 bits per heavy atom. The zero-order valence-electron chi connectivity index (χ0n) is 5.87. The fourth-order valence-electron chi connectivity index (χ4n) is 0.680. The Kier molecular flexibility index (Phi) is 2.36. The largest absolute Gasteiger partial charge is 0.285 e. The lowest BCUT2D eigenvalue weighted by atomic mass is 10.3. The van der Waals surface area contributed by atoms with Gasteiger partial charge in [0.2, 0.25) is 0 Å². The van der Waals surface area contributed by atoms with Crippen LogP contribution in [-0.2, 0) is 0 Å². The van der Waals surface area contributed by atoms with E-state index in [1.165, 1.54) is 12.2 Å². The number of rotatable bonds is 0. The second kappa shape index (κ2) is 3.28. The maximum atomic E-state index is 12.6. The Balaban J connectivity index is 2.86. The number of alkyl halides is 2. The van der Waals surface area contributed by atoms with Crippen LogP contribution in [0, 0.1) is 0 Å². The van der Waals surface area contributed by atoms with Gasteiger partial charge in [-0.05, 0) is 12.2 Å². The molecule has 0 saturated carbocycles. The molecule has 0 radical (unpaired) electrons. The Morgan fingerprint density at radius 2 is 1.00 bits per heavy atom. The van der Waals surface area contributed by atoms with Crippen LogP contribution in [0.4, 0.5) is 8.78 Å². The molecule has 2 heteroatoms. The lowest BCUT2D eigenvalue weighted by Gasteiger charge is -2.02. The second-order valence-electron chi connectivity index (χ2n) is 2.16. The molecular formula is C9H8F2. The molecule has 0 N–H and O–H groups in total. The monoisotopic (exact) mass is 154 g/mol. The van der Waals surface area contributed by atoms with Gasteiger partial charge in [0.05, 0.1) is 0 Å². The van der Waals surface area contributed by atoms with Crippen molar-refractivity contribution in [2.45, 2.75) is 5.92 Å². The van der Waals surface area contributed by atoms with Gasteiger partial charge in [-0.1, -0.05) is 36.5 Å². The van der Waals surface area contributed by atoms with E-state index in [0.717, 1.165) is 12.2 Å². The molecule has 58 valence electrons. The van der Waals surface area contributed by atoms with Crippen LogP contribution in [0.1, 0.15) is 0 Å². The van der Waals surface area contributed by atoms with Gasteiger partial charge in [-0.25, -0.2) is 0 Å². The average molecular weight is 154 g/mol. The minimum Gasteiger partial charge on any atom is -0.197 e. The first-order valence-electron chi connectivity index (χ1n) is 3.29. The topological polar surface area (TPSA) is 0 Å². The molecule has 0 spiro atoms. The predicted octanol–water partition coefficient (Wildman–Crippen LogP) is 2.86. The number of allylic oxidation sites excluding steroid dienone is 8. The van der Waals surface area contributed by atoms with Gasteiger partial charge >= 0.3 is 0 Å². The summed E-state index contributed by atoms with van der Waals surface area (Å²) in [5, 5.41) is 0. The zero-order chi connectivity index (χ0) is 8.16. The van der Waals surface area contributed by atoms with E-state index in [0.29, 0.717) is 0 Å². The van der Waals surface area contributed by atoms with Gasteiger partial charge in [-0.15, -0.1) is 0 Å². The Bertz CT molecular complexity index is 208. The highest BCUT2D eigenvalue weighted by atomic mass is 19.3. The van der Waals surface area contributed by atoms with Gasteiger partial charge in [0.1, 0.15) is 0 Å². The second-order valence-corrected chi connectivity index (χ2v) is 2.16. The van der Waals surface area contributed by atoms with Crippen LogP contribution in [0.25, 0.3) is 0 Å². The Hall–Kier alpha value is -1.18. The average Bonchev–Trinajstić information content (AvgIpc) is 2.00. The van der Waals surface area contributed by atoms with Crippen LogP contribution < -0.4 is 0 Å². The maximum absolute atomic E-state index is 12.6. The lowest BCUT2D eigenvalue weighted by Crippen LogP contribution is -2.05. The predicted molar refractivity (Wildman–Crippen MR) is 41.5 cm³/mol. The van der Waals surface area contributed by atoms with Crippen molar-refractivity contribution in [3.63, 3.8) is 0 Å². The third-order valence-electron chi connectivity index (χ3n) is 1.19. The molecule has 0 atom stereocenters. The third kappa shape index (κ3) is 2.94. The molecule has 1 aliphatic rings. The van der Waals surface area contributed by atoms with Crippen LogP contribution >= 0.6 is 0 Å². The van der Waals surface area contributed by atoms with E-state index < -0.39 is 5.92 Å². The quantitative estimate of drug-likeness (QED) is 0.503. The molecule has 0 fully saturated rings. The summed E-state index contributed by atoms with van der Waals surface area (Å²) in [5.41, 5.74) is 0. The lowest BCUT2D eigenvalue weighted by molar-refractivity contribution is 0.111. The third-order valence-corrected chi connectivity index (χ3v) is 1.19. The Morgan fingerprint density at radius 3 is 1.45 bits per heavy atom. The first-order valence-corrected chi connectivity index (χ1v) is 3.29. The summed E-state index contributed by atoms with van der Waals surface area (Å²) in [5.74, 6) is -2.82. The standard InChI is InChI=1S/C9H8F2/c10-9(11)7-5-3-1-2-4-6-8-9/h1-8H. The number of halogens is 2. The Labute approximate surface area is 64.2 Å².